The molecule has 1 heterocycles. The predicted molar refractivity (Wildman–Crippen MR) is 68.5 cm³/mol. The van der Waals surface area contributed by atoms with E-state index in [1.54, 1.807) is 13.8 Å². The zero-order valence-electron chi connectivity index (χ0n) is 11.4. The first kappa shape index (κ1) is 15.7. The summed E-state index contributed by atoms with van der Waals surface area (Å²) in [6.45, 7) is 4.78. The zero-order chi connectivity index (χ0) is 15.6. The van der Waals surface area contributed by atoms with E-state index >= 15 is 0 Å². The molecule has 0 aromatic rings. The molecule has 20 heavy (non-hydrogen) atoms. The Morgan fingerprint density at radius 2 is 1.90 bits per heavy atom. The van der Waals surface area contributed by atoms with Crippen LogP contribution in [0.25, 0.3) is 0 Å². The molecule has 0 radical (unpaired) electrons. The summed E-state index contributed by atoms with van der Waals surface area (Å²) in [7, 11) is 0. The summed E-state index contributed by atoms with van der Waals surface area (Å²) in [5, 5.41) is 29.7. The largest absolute Gasteiger partial charge is 0.479 e. The fraction of sp³-hybridized carbons (Fsp3) is 0.500. The minimum atomic E-state index is -1.44. The van der Waals surface area contributed by atoms with Crippen LogP contribution in [0.1, 0.15) is 27.2 Å². The summed E-state index contributed by atoms with van der Waals surface area (Å²) >= 11 is 0. The molecule has 0 fully saturated rings. The van der Waals surface area contributed by atoms with Crippen molar-refractivity contribution in [2.24, 2.45) is 0 Å². The number of carboxylic acid groups (broad SMARTS) is 2. The molecule has 0 aliphatic carbocycles. The lowest BCUT2D eigenvalue weighted by molar-refractivity contribution is -0.423. The molecule has 8 nitrogen and oxygen atoms in total. The first-order valence-corrected chi connectivity index (χ1v) is 6.09. The molecule has 0 bridgehead atoms. The molecule has 0 aromatic carbocycles. The number of likely N-dealkylation sites (N-methyl/N-ethyl adjacent to an activating group) is 1. The molecule has 0 amide bonds. The van der Waals surface area contributed by atoms with E-state index in [-0.39, 0.29) is 29.9 Å². The third-order valence-corrected chi connectivity index (χ3v) is 3.31. The molecular weight excluding hydrogens is 268 g/mol. The number of aliphatic carboxylic acids is 2. The van der Waals surface area contributed by atoms with Crippen molar-refractivity contribution in [1.82, 2.24) is 4.90 Å². The van der Waals surface area contributed by atoms with E-state index in [2.05, 4.69) is 0 Å². The maximum Gasteiger partial charge on any atom is 0.334 e. The summed E-state index contributed by atoms with van der Waals surface area (Å²) in [5.74, 6) is -2.78. The van der Waals surface area contributed by atoms with Gasteiger partial charge in [-0.25, -0.2) is 9.59 Å². The summed E-state index contributed by atoms with van der Waals surface area (Å²) < 4.78 is 0. The van der Waals surface area contributed by atoms with Gasteiger partial charge in [0.1, 0.15) is 0 Å². The molecule has 1 aliphatic rings. The molecule has 1 atom stereocenters. The summed E-state index contributed by atoms with van der Waals surface area (Å²) in [4.78, 5) is 34.5. The second-order valence-electron chi connectivity index (χ2n) is 4.27. The third kappa shape index (κ3) is 2.36. The van der Waals surface area contributed by atoms with Crippen LogP contribution in [0.3, 0.4) is 0 Å². The van der Waals surface area contributed by atoms with Crippen molar-refractivity contribution in [3.8, 4) is 0 Å². The fourth-order valence-corrected chi connectivity index (χ4v) is 2.52. The van der Waals surface area contributed by atoms with Gasteiger partial charge in [-0.1, -0.05) is 6.92 Å². The van der Waals surface area contributed by atoms with E-state index in [4.69, 9.17) is 0 Å². The highest BCUT2D eigenvalue weighted by atomic mass is 16.6. The number of hydrogen-bond donors (Lipinski definition) is 2. The van der Waals surface area contributed by atoms with Crippen molar-refractivity contribution in [2.75, 3.05) is 6.54 Å². The van der Waals surface area contributed by atoms with Gasteiger partial charge in [0.2, 0.25) is 0 Å². The summed E-state index contributed by atoms with van der Waals surface area (Å²) in [6.07, 6.45) is 0.0800. The second-order valence-corrected chi connectivity index (χ2v) is 4.27. The quantitative estimate of drug-likeness (QED) is 0.572. The highest BCUT2D eigenvalue weighted by molar-refractivity contribution is 5.98. The van der Waals surface area contributed by atoms with Crippen molar-refractivity contribution in [3.05, 3.63) is 32.7 Å². The number of rotatable bonds is 5. The Bertz CT molecular complexity index is 534. The molecular formula is C12H16N2O6. The normalized spacial score (nSPS) is 19.4. The van der Waals surface area contributed by atoms with Gasteiger partial charge in [0.05, 0.1) is 16.2 Å². The molecule has 1 aliphatic heterocycles. The SMILES string of the molecule is CCC1=C(C(=O)O)C(C(=O)O)N(CC)C(C)=C1[N+](=O)[O-]. The Kier molecular flexibility index (Phi) is 4.49. The molecule has 1 rings (SSSR count). The van der Waals surface area contributed by atoms with Crippen molar-refractivity contribution < 1.29 is 24.7 Å². The molecule has 1 unspecified atom stereocenters. The van der Waals surface area contributed by atoms with Crippen molar-refractivity contribution >= 4 is 11.9 Å². The Morgan fingerprint density at radius 3 is 2.20 bits per heavy atom. The Labute approximate surface area is 115 Å². The minimum absolute atomic E-state index is 0.0305. The van der Waals surface area contributed by atoms with Gasteiger partial charge < -0.3 is 15.1 Å². The third-order valence-electron chi connectivity index (χ3n) is 3.31. The lowest BCUT2D eigenvalue weighted by Crippen LogP contribution is -2.47. The van der Waals surface area contributed by atoms with Crippen LogP contribution in [0.2, 0.25) is 0 Å². The second kappa shape index (κ2) is 5.72. The number of hydrogen-bond acceptors (Lipinski definition) is 5. The molecule has 110 valence electrons. The van der Waals surface area contributed by atoms with Gasteiger partial charge in [-0.2, -0.15) is 0 Å². The smallest absolute Gasteiger partial charge is 0.334 e. The average Bonchev–Trinajstić information content (AvgIpc) is 2.35. The minimum Gasteiger partial charge on any atom is -0.479 e. The predicted octanol–water partition coefficient (Wildman–Crippen LogP) is 1.07. The Hall–Kier alpha value is -2.38. The zero-order valence-corrected chi connectivity index (χ0v) is 11.4. The van der Waals surface area contributed by atoms with Crippen LogP contribution in [0.5, 0.6) is 0 Å². The van der Waals surface area contributed by atoms with Gasteiger partial charge >= 0.3 is 11.9 Å². The van der Waals surface area contributed by atoms with E-state index < -0.39 is 28.5 Å². The van der Waals surface area contributed by atoms with E-state index in [1.807, 2.05) is 0 Å². The number of allylic oxidation sites excluding steroid dienone is 2. The molecule has 0 spiro atoms. The van der Waals surface area contributed by atoms with Gasteiger partial charge in [-0.05, 0) is 20.3 Å². The van der Waals surface area contributed by atoms with E-state index in [1.165, 1.54) is 11.8 Å². The molecule has 2 N–H and O–H groups in total. The maximum absolute atomic E-state index is 11.4. The van der Waals surface area contributed by atoms with Gasteiger partial charge in [0.25, 0.3) is 5.70 Å². The fourth-order valence-electron chi connectivity index (χ4n) is 2.52. The van der Waals surface area contributed by atoms with E-state index in [0.717, 1.165) is 0 Å². The van der Waals surface area contributed by atoms with Gasteiger partial charge in [-0.15, -0.1) is 0 Å². The van der Waals surface area contributed by atoms with Crippen LogP contribution in [-0.4, -0.2) is 44.6 Å². The van der Waals surface area contributed by atoms with Crippen molar-refractivity contribution in [1.29, 1.82) is 0 Å². The first-order valence-electron chi connectivity index (χ1n) is 6.09. The van der Waals surface area contributed by atoms with E-state index in [0.29, 0.717) is 0 Å². The van der Waals surface area contributed by atoms with Crippen LogP contribution >= 0.6 is 0 Å². The van der Waals surface area contributed by atoms with Crippen molar-refractivity contribution in [3.63, 3.8) is 0 Å². The molecule has 0 saturated heterocycles. The van der Waals surface area contributed by atoms with Crippen LogP contribution in [-0.2, 0) is 9.59 Å². The summed E-state index contributed by atoms with van der Waals surface area (Å²) in [6, 6.07) is -1.41. The highest BCUT2D eigenvalue weighted by Gasteiger charge is 2.43. The average molecular weight is 284 g/mol. The van der Waals surface area contributed by atoms with Crippen molar-refractivity contribution in [2.45, 2.75) is 33.2 Å². The lowest BCUT2D eigenvalue weighted by Gasteiger charge is -2.34. The highest BCUT2D eigenvalue weighted by Crippen LogP contribution is 2.34. The lowest BCUT2D eigenvalue weighted by atomic mass is 9.90. The summed E-state index contributed by atoms with van der Waals surface area (Å²) in [5.41, 5.74) is -0.604. The van der Waals surface area contributed by atoms with Crippen LogP contribution in [0.4, 0.5) is 0 Å². The monoisotopic (exact) mass is 284 g/mol. The van der Waals surface area contributed by atoms with Crippen LogP contribution in [0, 0.1) is 10.1 Å². The number of carbonyl (C=O) groups is 2. The Balaban J connectivity index is 3.70. The van der Waals surface area contributed by atoms with E-state index in [9.17, 15) is 29.9 Å². The molecule has 0 aromatic heterocycles. The van der Waals surface area contributed by atoms with Gasteiger partial charge in [-0.3, -0.25) is 10.1 Å². The topological polar surface area (TPSA) is 121 Å². The van der Waals surface area contributed by atoms with Crippen LogP contribution in [0.15, 0.2) is 22.5 Å². The number of carboxylic acids is 2. The number of nitro groups is 1. The maximum atomic E-state index is 11.4. The molecule has 8 heteroatoms. The number of nitrogens with zero attached hydrogens (tertiary/aromatic N) is 2. The van der Waals surface area contributed by atoms with Gasteiger partial charge in [0.15, 0.2) is 6.04 Å². The standard InChI is InChI=1S/C12H16N2O6/c1-4-7-8(11(15)16)10(12(17)18)13(5-2)6(3)9(7)14(19)20/h10H,4-5H2,1-3H3,(H,15,16)(H,17,18). The molecule has 0 saturated carbocycles. The first-order chi connectivity index (χ1) is 9.27. The van der Waals surface area contributed by atoms with Gasteiger partial charge in [0, 0.05) is 12.1 Å². The van der Waals surface area contributed by atoms with Crippen LogP contribution < -0.4 is 0 Å². The Morgan fingerprint density at radius 1 is 1.35 bits per heavy atom.